The van der Waals surface area contributed by atoms with Gasteiger partial charge < -0.3 is 9.67 Å². The molecule has 1 unspecified atom stereocenters. The molecule has 0 aliphatic carbocycles. The zero-order valence-electron chi connectivity index (χ0n) is 13.3. The maximum absolute atomic E-state index is 10.3. The molecule has 0 saturated heterocycles. The fourth-order valence-corrected chi connectivity index (χ4v) is 2.90. The molecule has 2 rings (SSSR count). The molecule has 1 aromatic heterocycles. The van der Waals surface area contributed by atoms with Crippen LogP contribution in [0, 0.1) is 13.8 Å². The zero-order valence-corrected chi connectivity index (χ0v) is 13.3. The predicted octanol–water partition coefficient (Wildman–Crippen LogP) is 3.97. The Morgan fingerprint density at radius 3 is 2.57 bits per heavy atom. The van der Waals surface area contributed by atoms with Gasteiger partial charge in [0.15, 0.2) is 0 Å². The summed E-state index contributed by atoms with van der Waals surface area (Å²) >= 11 is 0. The Balaban J connectivity index is 1.82. The van der Waals surface area contributed by atoms with E-state index in [2.05, 4.69) is 44.0 Å². The summed E-state index contributed by atoms with van der Waals surface area (Å²) in [6.45, 7) is 7.28. The lowest BCUT2D eigenvalue weighted by Gasteiger charge is -2.13. The van der Waals surface area contributed by atoms with E-state index in [1.807, 2.05) is 4.57 Å². The van der Waals surface area contributed by atoms with Crippen molar-refractivity contribution in [2.75, 3.05) is 0 Å². The normalized spacial score (nSPS) is 12.6. The fraction of sp³-hybridized carbons (Fsp3) is 0.500. The summed E-state index contributed by atoms with van der Waals surface area (Å²) in [5.74, 6) is 0. The number of aromatic nitrogens is 2. The van der Waals surface area contributed by atoms with Crippen LogP contribution in [0.5, 0.6) is 0 Å². The maximum Gasteiger partial charge on any atom is 0.0955 e. The topological polar surface area (TPSA) is 38.0 Å². The minimum Gasteiger partial charge on any atom is -0.387 e. The molecule has 0 spiro atoms. The van der Waals surface area contributed by atoms with Gasteiger partial charge in [0.05, 0.1) is 24.3 Å². The van der Waals surface area contributed by atoms with Crippen molar-refractivity contribution in [2.24, 2.45) is 0 Å². The number of benzene rings is 1. The summed E-state index contributed by atoms with van der Waals surface area (Å²) in [6.07, 6.45) is 7.21. The second-order valence-electron chi connectivity index (χ2n) is 5.74. The third-order valence-corrected chi connectivity index (χ3v) is 4.23. The molecule has 0 bridgehead atoms. The number of aliphatic hydroxyl groups is 1. The highest BCUT2D eigenvalue weighted by atomic mass is 16.3. The Bertz CT molecular complexity index is 554. The molecule has 0 aliphatic rings. The van der Waals surface area contributed by atoms with Gasteiger partial charge in [-0.3, -0.25) is 0 Å². The molecular formula is C18H26N2O. The van der Waals surface area contributed by atoms with Crippen LogP contribution in [0.2, 0.25) is 0 Å². The first-order valence-corrected chi connectivity index (χ1v) is 7.86. The number of unbranched alkanes of at least 4 members (excludes halogenated alkanes) is 1. The first-order chi connectivity index (χ1) is 10.1. The molecule has 0 aliphatic heterocycles. The number of aryl methyl sites for hydroxylation is 3. The minimum absolute atomic E-state index is 0.398. The highest BCUT2D eigenvalue weighted by Crippen LogP contribution is 2.21. The second kappa shape index (κ2) is 7.41. The highest BCUT2D eigenvalue weighted by Gasteiger charge is 2.12. The second-order valence-corrected chi connectivity index (χ2v) is 5.74. The van der Waals surface area contributed by atoms with Gasteiger partial charge in [-0.1, -0.05) is 24.6 Å². The van der Waals surface area contributed by atoms with Gasteiger partial charge in [-0.05, 0) is 56.7 Å². The lowest BCUT2D eigenvalue weighted by Crippen LogP contribution is -2.06. The molecule has 2 aromatic rings. The van der Waals surface area contributed by atoms with Crippen molar-refractivity contribution in [3.63, 3.8) is 0 Å². The van der Waals surface area contributed by atoms with Crippen LogP contribution in [-0.4, -0.2) is 14.7 Å². The van der Waals surface area contributed by atoms with E-state index in [9.17, 15) is 5.11 Å². The van der Waals surface area contributed by atoms with Crippen molar-refractivity contribution >= 4 is 0 Å². The molecule has 0 amide bonds. The standard InChI is InChI=1S/C18H26N2O/c1-4-20-13-19-12-17(20)18(21)11-6-5-10-16-14(2)8-7-9-15(16)3/h7-9,12-13,18,21H,4-6,10-11H2,1-3H3. The summed E-state index contributed by atoms with van der Waals surface area (Å²) < 4.78 is 2.01. The third kappa shape index (κ3) is 3.94. The molecule has 3 nitrogen and oxygen atoms in total. The van der Waals surface area contributed by atoms with Crippen LogP contribution in [0.4, 0.5) is 0 Å². The van der Waals surface area contributed by atoms with Crippen LogP contribution in [0.3, 0.4) is 0 Å². The summed E-state index contributed by atoms with van der Waals surface area (Å²) in [4.78, 5) is 4.12. The number of hydrogen-bond donors (Lipinski definition) is 1. The van der Waals surface area contributed by atoms with E-state index in [-0.39, 0.29) is 0 Å². The SMILES string of the molecule is CCn1cncc1C(O)CCCCc1c(C)cccc1C. The molecule has 0 fully saturated rings. The number of hydrogen-bond acceptors (Lipinski definition) is 2. The summed E-state index contributed by atoms with van der Waals surface area (Å²) in [7, 11) is 0. The van der Waals surface area contributed by atoms with E-state index >= 15 is 0 Å². The van der Waals surface area contributed by atoms with Crippen LogP contribution < -0.4 is 0 Å². The Morgan fingerprint density at radius 2 is 1.90 bits per heavy atom. The van der Waals surface area contributed by atoms with Gasteiger partial charge in [0.25, 0.3) is 0 Å². The molecular weight excluding hydrogens is 260 g/mol. The van der Waals surface area contributed by atoms with Crippen LogP contribution in [0.25, 0.3) is 0 Å². The van der Waals surface area contributed by atoms with Crippen LogP contribution in [0.15, 0.2) is 30.7 Å². The first kappa shape index (κ1) is 15.8. The van der Waals surface area contributed by atoms with Gasteiger partial charge in [0.2, 0.25) is 0 Å². The molecule has 1 aromatic carbocycles. The van der Waals surface area contributed by atoms with Crippen LogP contribution in [0.1, 0.15) is 54.7 Å². The molecule has 21 heavy (non-hydrogen) atoms. The van der Waals surface area contributed by atoms with Crippen molar-refractivity contribution in [1.82, 2.24) is 9.55 Å². The van der Waals surface area contributed by atoms with E-state index in [0.717, 1.165) is 37.9 Å². The largest absolute Gasteiger partial charge is 0.387 e. The van der Waals surface area contributed by atoms with Gasteiger partial charge >= 0.3 is 0 Å². The lowest BCUT2D eigenvalue weighted by molar-refractivity contribution is 0.154. The molecule has 1 N–H and O–H groups in total. The zero-order chi connectivity index (χ0) is 15.2. The smallest absolute Gasteiger partial charge is 0.0955 e. The van der Waals surface area contributed by atoms with Crippen molar-refractivity contribution < 1.29 is 5.11 Å². The number of aliphatic hydroxyl groups excluding tert-OH is 1. The Kier molecular flexibility index (Phi) is 5.57. The Hall–Kier alpha value is -1.61. The quantitative estimate of drug-likeness (QED) is 0.782. The molecule has 114 valence electrons. The van der Waals surface area contributed by atoms with Gasteiger partial charge in [-0.25, -0.2) is 4.98 Å². The summed E-state index contributed by atoms with van der Waals surface area (Å²) in [5, 5.41) is 10.3. The minimum atomic E-state index is -0.398. The average molecular weight is 286 g/mol. The van der Waals surface area contributed by atoms with Crippen LogP contribution in [-0.2, 0) is 13.0 Å². The highest BCUT2D eigenvalue weighted by molar-refractivity contribution is 5.33. The number of imidazole rings is 1. The van der Waals surface area contributed by atoms with E-state index in [1.54, 1.807) is 12.5 Å². The average Bonchev–Trinajstić information content (AvgIpc) is 2.94. The fourth-order valence-electron chi connectivity index (χ4n) is 2.90. The van der Waals surface area contributed by atoms with Crippen molar-refractivity contribution in [1.29, 1.82) is 0 Å². The van der Waals surface area contributed by atoms with Gasteiger partial charge in [0.1, 0.15) is 0 Å². The Morgan fingerprint density at radius 1 is 1.19 bits per heavy atom. The van der Waals surface area contributed by atoms with E-state index in [0.29, 0.717) is 0 Å². The third-order valence-electron chi connectivity index (χ3n) is 4.23. The molecule has 1 atom stereocenters. The summed E-state index contributed by atoms with van der Waals surface area (Å²) in [5.41, 5.74) is 5.15. The molecule has 3 heteroatoms. The summed E-state index contributed by atoms with van der Waals surface area (Å²) in [6, 6.07) is 6.47. The Labute approximate surface area is 127 Å². The predicted molar refractivity (Wildman–Crippen MR) is 86.3 cm³/mol. The monoisotopic (exact) mass is 286 g/mol. The van der Waals surface area contributed by atoms with Crippen molar-refractivity contribution in [2.45, 2.75) is 59.1 Å². The van der Waals surface area contributed by atoms with Gasteiger partial charge in [0, 0.05) is 6.54 Å². The van der Waals surface area contributed by atoms with Gasteiger partial charge in [-0.15, -0.1) is 0 Å². The van der Waals surface area contributed by atoms with E-state index in [1.165, 1.54) is 16.7 Å². The molecule has 1 heterocycles. The maximum atomic E-state index is 10.3. The van der Waals surface area contributed by atoms with Crippen molar-refractivity contribution in [3.8, 4) is 0 Å². The van der Waals surface area contributed by atoms with Gasteiger partial charge in [-0.2, -0.15) is 0 Å². The van der Waals surface area contributed by atoms with Crippen LogP contribution >= 0.6 is 0 Å². The first-order valence-electron chi connectivity index (χ1n) is 7.86. The number of rotatable bonds is 7. The number of nitrogens with zero attached hydrogens (tertiary/aromatic N) is 2. The van der Waals surface area contributed by atoms with Crippen molar-refractivity contribution in [3.05, 3.63) is 53.1 Å². The van der Waals surface area contributed by atoms with E-state index < -0.39 is 6.10 Å². The molecule has 0 radical (unpaired) electrons. The lowest BCUT2D eigenvalue weighted by atomic mass is 9.97. The van der Waals surface area contributed by atoms with E-state index in [4.69, 9.17) is 0 Å². The molecule has 0 saturated carbocycles.